The van der Waals surface area contributed by atoms with E-state index in [0.717, 1.165) is 5.56 Å². The van der Waals surface area contributed by atoms with E-state index in [4.69, 9.17) is 20.9 Å². The Balaban J connectivity index is 2.23. The predicted molar refractivity (Wildman–Crippen MR) is 67.7 cm³/mol. The highest BCUT2D eigenvalue weighted by molar-refractivity contribution is 8.09. The zero-order valence-corrected chi connectivity index (χ0v) is 10.9. The molecule has 0 fully saturated rings. The van der Waals surface area contributed by atoms with Gasteiger partial charge in [0, 0.05) is 24.4 Å². The molecule has 0 bridgehead atoms. The number of benzene rings is 1. The molecule has 0 saturated carbocycles. The van der Waals surface area contributed by atoms with Crippen molar-refractivity contribution in [3.63, 3.8) is 0 Å². The Kier molecular flexibility index (Phi) is 3.28. The summed E-state index contributed by atoms with van der Waals surface area (Å²) in [6.07, 6.45) is 0. The van der Waals surface area contributed by atoms with Gasteiger partial charge in [0.15, 0.2) is 0 Å². The molecule has 86 valence electrons. The molecule has 0 spiro atoms. The third-order valence-corrected chi connectivity index (χ3v) is 5.14. The van der Waals surface area contributed by atoms with Gasteiger partial charge in [-0.2, -0.15) is 0 Å². The maximum Gasteiger partial charge on any atom is 0.359 e. The number of hydrogen-bond donors (Lipinski definition) is 0. The quantitative estimate of drug-likeness (QED) is 0.778. The SMILES string of the molecule is CCOP1(=S)OC(c2ccccc2)=NN1C. The highest BCUT2D eigenvalue weighted by Gasteiger charge is 2.34. The normalized spacial score (nSPS) is 24.1. The molecule has 1 unspecified atom stereocenters. The van der Waals surface area contributed by atoms with Crippen molar-refractivity contribution >= 4 is 24.3 Å². The van der Waals surface area contributed by atoms with E-state index in [0.29, 0.717) is 12.5 Å². The van der Waals surface area contributed by atoms with Crippen LogP contribution in [0.15, 0.2) is 35.4 Å². The first-order valence-corrected chi connectivity index (χ1v) is 7.57. The Morgan fingerprint density at radius 1 is 1.44 bits per heavy atom. The monoisotopic (exact) mass is 256 g/mol. The van der Waals surface area contributed by atoms with Crippen LogP contribution in [0.5, 0.6) is 0 Å². The molecule has 0 N–H and O–H groups in total. The average Bonchev–Trinajstić information content (AvgIpc) is 2.57. The third-order valence-electron chi connectivity index (χ3n) is 2.10. The van der Waals surface area contributed by atoms with Crippen LogP contribution < -0.4 is 0 Å². The molecule has 1 heterocycles. The maximum absolute atomic E-state index is 5.67. The summed E-state index contributed by atoms with van der Waals surface area (Å²) in [6.45, 7) is 0.00189. The first kappa shape index (κ1) is 11.6. The smallest absolute Gasteiger partial charge is 0.359 e. The van der Waals surface area contributed by atoms with Crippen molar-refractivity contribution in [3.8, 4) is 0 Å². The molecule has 1 aromatic carbocycles. The summed E-state index contributed by atoms with van der Waals surface area (Å²) < 4.78 is 12.8. The molecule has 0 aliphatic carbocycles. The summed E-state index contributed by atoms with van der Waals surface area (Å²) in [6, 6.07) is 9.68. The van der Waals surface area contributed by atoms with Crippen LogP contribution >= 0.6 is 6.64 Å². The standard InChI is InChI=1S/C10H13N2O2PS/c1-3-13-15(16)12(2)11-10(14-15)9-7-5-4-6-8-9/h4-8H,3H2,1-2H3. The third kappa shape index (κ3) is 2.12. The van der Waals surface area contributed by atoms with Gasteiger partial charge in [0.2, 0.25) is 5.90 Å². The topological polar surface area (TPSA) is 34.1 Å². The van der Waals surface area contributed by atoms with Gasteiger partial charge in [0.05, 0.1) is 6.61 Å². The van der Waals surface area contributed by atoms with Crippen molar-refractivity contribution in [2.24, 2.45) is 5.10 Å². The molecule has 2 rings (SSSR count). The Bertz CT molecular complexity index is 449. The molecule has 16 heavy (non-hydrogen) atoms. The van der Waals surface area contributed by atoms with Gasteiger partial charge in [-0.25, -0.2) is 4.78 Å². The van der Waals surface area contributed by atoms with Crippen LogP contribution in [0.4, 0.5) is 0 Å². The van der Waals surface area contributed by atoms with Crippen molar-refractivity contribution in [3.05, 3.63) is 35.9 Å². The summed E-state index contributed by atoms with van der Waals surface area (Å²) in [7, 11) is 1.78. The minimum absolute atomic E-state index is 0.527. The van der Waals surface area contributed by atoms with Gasteiger partial charge < -0.3 is 9.05 Å². The fraction of sp³-hybridized carbons (Fsp3) is 0.300. The molecular formula is C10H13N2O2PS. The lowest BCUT2D eigenvalue weighted by atomic mass is 10.2. The van der Waals surface area contributed by atoms with Crippen LogP contribution in [0.2, 0.25) is 0 Å². The minimum atomic E-state index is -2.42. The van der Waals surface area contributed by atoms with Gasteiger partial charge >= 0.3 is 6.64 Å². The number of nitrogens with zero attached hydrogens (tertiary/aromatic N) is 2. The summed E-state index contributed by atoms with van der Waals surface area (Å²) in [5.41, 5.74) is 0.917. The first-order chi connectivity index (χ1) is 7.65. The average molecular weight is 256 g/mol. The molecular weight excluding hydrogens is 243 g/mol. The van der Waals surface area contributed by atoms with Crippen LogP contribution in [0.1, 0.15) is 12.5 Å². The summed E-state index contributed by atoms with van der Waals surface area (Å²) >= 11 is 5.34. The maximum atomic E-state index is 5.67. The molecule has 4 nitrogen and oxygen atoms in total. The van der Waals surface area contributed by atoms with Gasteiger partial charge in [-0.05, 0) is 19.1 Å². The van der Waals surface area contributed by atoms with E-state index in [1.807, 2.05) is 37.3 Å². The molecule has 1 atom stereocenters. The Hall–Kier alpha value is -0.900. The Morgan fingerprint density at radius 3 is 2.75 bits per heavy atom. The van der Waals surface area contributed by atoms with Crippen molar-refractivity contribution in [1.29, 1.82) is 0 Å². The molecule has 1 aliphatic heterocycles. The predicted octanol–water partition coefficient (Wildman–Crippen LogP) is 2.57. The van der Waals surface area contributed by atoms with E-state index in [-0.39, 0.29) is 0 Å². The van der Waals surface area contributed by atoms with E-state index in [1.165, 1.54) is 0 Å². The first-order valence-electron chi connectivity index (χ1n) is 4.98. The number of hydrogen-bond acceptors (Lipinski definition) is 4. The van der Waals surface area contributed by atoms with Crippen molar-refractivity contribution in [2.75, 3.05) is 13.7 Å². The fourth-order valence-electron chi connectivity index (χ4n) is 1.34. The van der Waals surface area contributed by atoms with Gasteiger partial charge in [0.1, 0.15) is 0 Å². The van der Waals surface area contributed by atoms with Gasteiger partial charge in [0.25, 0.3) is 0 Å². The molecule has 1 aliphatic rings. The molecule has 0 saturated heterocycles. The minimum Gasteiger partial charge on any atom is -0.407 e. The highest BCUT2D eigenvalue weighted by Crippen LogP contribution is 2.55. The highest BCUT2D eigenvalue weighted by atomic mass is 32.5. The second-order valence-electron chi connectivity index (χ2n) is 3.24. The summed E-state index contributed by atoms with van der Waals surface area (Å²) in [4.78, 5) is 0. The lowest BCUT2D eigenvalue weighted by Crippen LogP contribution is -2.05. The van der Waals surface area contributed by atoms with Crippen LogP contribution in [0.25, 0.3) is 0 Å². The van der Waals surface area contributed by atoms with E-state index >= 15 is 0 Å². The van der Waals surface area contributed by atoms with Crippen LogP contribution in [-0.2, 0) is 20.9 Å². The summed E-state index contributed by atoms with van der Waals surface area (Å²) in [5, 5.41) is 4.28. The second-order valence-corrected chi connectivity index (χ2v) is 6.58. The zero-order chi connectivity index (χ0) is 11.6. The Morgan fingerprint density at radius 2 is 2.12 bits per heavy atom. The van der Waals surface area contributed by atoms with Crippen LogP contribution in [0.3, 0.4) is 0 Å². The van der Waals surface area contributed by atoms with E-state index in [1.54, 1.807) is 11.8 Å². The molecule has 0 aromatic heterocycles. The van der Waals surface area contributed by atoms with Crippen LogP contribution in [-0.4, -0.2) is 24.3 Å². The lowest BCUT2D eigenvalue weighted by Gasteiger charge is -2.19. The fourth-order valence-corrected chi connectivity index (χ4v) is 3.19. The Labute approximate surface area is 100 Å². The summed E-state index contributed by atoms with van der Waals surface area (Å²) in [5.74, 6) is 0.542. The second kappa shape index (κ2) is 4.53. The van der Waals surface area contributed by atoms with Crippen molar-refractivity contribution in [2.45, 2.75) is 6.92 Å². The van der Waals surface area contributed by atoms with E-state index in [2.05, 4.69) is 5.10 Å². The van der Waals surface area contributed by atoms with Crippen molar-refractivity contribution < 1.29 is 9.05 Å². The molecule has 1 aromatic rings. The van der Waals surface area contributed by atoms with Gasteiger partial charge in [-0.1, -0.05) is 18.2 Å². The number of hydrazone groups is 1. The van der Waals surface area contributed by atoms with Crippen LogP contribution in [0, 0.1) is 0 Å². The van der Waals surface area contributed by atoms with E-state index in [9.17, 15) is 0 Å². The van der Waals surface area contributed by atoms with Gasteiger partial charge in [-0.15, -0.1) is 5.10 Å². The molecule has 0 radical (unpaired) electrons. The zero-order valence-electron chi connectivity index (χ0n) is 9.16. The van der Waals surface area contributed by atoms with E-state index < -0.39 is 6.64 Å². The largest absolute Gasteiger partial charge is 0.407 e. The van der Waals surface area contributed by atoms with Gasteiger partial charge in [-0.3, -0.25) is 0 Å². The molecule has 0 amide bonds. The molecule has 6 heteroatoms. The lowest BCUT2D eigenvalue weighted by molar-refractivity contribution is 0.302. The number of rotatable bonds is 3. The van der Waals surface area contributed by atoms with Crippen molar-refractivity contribution in [1.82, 2.24) is 4.78 Å².